The minimum Gasteiger partial charge on any atom is -0.391 e. The van der Waals surface area contributed by atoms with Gasteiger partial charge < -0.3 is 10.0 Å². The summed E-state index contributed by atoms with van der Waals surface area (Å²) in [7, 11) is 0. The third-order valence-electron chi connectivity index (χ3n) is 3.43. The van der Waals surface area contributed by atoms with Gasteiger partial charge in [-0.05, 0) is 92.2 Å². The minimum atomic E-state index is -0.405. The van der Waals surface area contributed by atoms with Gasteiger partial charge >= 0.3 is 0 Å². The van der Waals surface area contributed by atoms with Gasteiger partial charge in [0.1, 0.15) is 0 Å². The first kappa shape index (κ1) is 16.2. The summed E-state index contributed by atoms with van der Waals surface area (Å²) in [5, 5.41) is 9.92. The van der Waals surface area contributed by atoms with E-state index < -0.39 is 6.10 Å². The summed E-state index contributed by atoms with van der Waals surface area (Å²) in [6.45, 7) is 3.21. The van der Waals surface area contributed by atoms with Gasteiger partial charge in [-0.1, -0.05) is 6.92 Å². The molecule has 1 aliphatic rings. The van der Waals surface area contributed by atoms with Crippen molar-refractivity contribution in [3.8, 4) is 0 Å². The Hall–Kier alpha value is 0.840. The van der Waals surface area contributed by atoms with Gasteiger partial charge in [-0.15, -0.1) is 0 Å². The maximum atomic E-state index is 12.6. The van der Waals surface area contributed by atoms with Gasteiger partial charge in [-0.3, -0.25) is 4.79 Å². The van der Waals surface area contributed by atoms with Crippen molar-refractivity contribution < 1.29 is 9.90 Å². The Morgan fingerprint density at radius 2 is 2.05 bits per heavy atom. The topological polar surface area (TPSA) is 40.5 Å². The number of hydrogen-bond acceptors (Lipinski definition) is 2. The van der Waals surface area contributed by atoms with Crippen molar-refractivity contribution >= 4 is 73.7 Å². The fourth-order valence-corrected chi connectivity index (χ4v) is 4.50. The number of carbonyl (C=O) groups excluding carboxylic acids is 1. The number of likely N-dealkylation sites (tertiary alicyclic amines) is 1. The molecule has 0 radical (unpaired) electrons. The van der Waals surface area contributed by atoms with E-state index in [1.807, 2.05) is 13.0 Å². The van der Waals surface area contributed by atoms with E-state index in [1.165, 1.54) is 0 Å². The van der Waals surface area contributed by atoms with Crippen LogP contribution in [0, 0.1) is 16.6 Å². The van der Waals surface area contributed by atoms with Crippen LogP contribution in [0.15, 0.2) is 12.1 Å². The fourth-order valence-electron chi connectivity index (χ4n) is 2.12. The van der Waals surface area contributed by atoms with E-state index in [4.69, 9.17) is 0 Å². The molecule has 1 fully saturated rings. The number of nitrogens with zero attached hydrogens (tertiary/aromatic N) is 1. The van der Waals surface area contributed by atoms with Gasteiger partial charge in [0, 0.05) is 23.8 Å². The smallest absolute Gasteiger partial charge is 0.255 e. The quantitative estimate of drug-likeness (QED) is 0.399. The molecule has 1 aromatic rings. The number of piperidine rings is 1. The summed E-state index contributed by atoms with van der Waals surface area (Å²) in [6.07, 6.45) is 0.460. The van der Waals surface area contributed by atoms with Crippen LogP contribution in [0.4, 0.5) is 0 Å². The summed E-state index contributed by atoms with van der Waals surface area (Å²) in [5.74, 6) is 0.311. The highest BCUT2D eigenvalue weighted by Crippen LogP contribution is 2.26. The van der Waals surface area contributed by atoms with Crippen LogP contribution < -0.4 is 0 Å². The first-order valence-corrected chi connectivity index (χ1v) is 9.25. The number of amides is 1. The molecule has 19 heavy (non-hydrogen) atoms. The maximum Gasteiger partial charge on any atom is 0.255 e. The number of halogens is 3. The number of rotatable bonds is 1. The van der Waals surface area contributed by atoms with Crippen LogP contribution >= 0.6 is 67.8 Å². The number of hydrogen-bond donors (Lipinski definition) is 1. The molecule has 0 aromatic heterocycles. The van der Waals surface area contributed by atoms with Crippen molar-refractivity contribution in [1.82, 2.24) is 4.90 Å². The minimum absolute atomic E-state index is 0.0341. The zero-order valence-corrected chi connectivity index (χ0v) is 16.8. The first-order valence-electron chi connectivity index (χ1n) is 6.02. The molecule has 1 heterocycles. The van der Waals surface area contributed by atoms with Crippen LogP contribution in [0.3, 0.4) is 0 Å². The van der Waals surface area contributed by atoms with Crippen LogP contribution in [0.5, 0.6) is 0 Å². The molecule has 1 aliphatic heterocycles. The summed E-state index contributed by atoms with van der Waals surface area (Å²) in [5.41, 5.74) is 0.749. The molecule has 6 heteroatoms. The van der Waals surface area contributed by atoms with E-state index >= 15 is 0 Å². The Morgan fingerprint density at radius 3 is 2.68 bits per heavy atom. The molecule has 104 valence electrons. The van der Waals surface area contributed by atoms with Crippen LogP contribution in [0.2, 0.25) is 0 Å². The average Bonchev–Trinajstić information content (AvgIpc) is 2.36. The summed E-state index contributed by atoms with van der Waals surface area (Å²) >= 11 is 6.71. The third kappa shape index (κ3) is 3.73. The zero-order chi connectivity index (χ0) is 14.2. The van der Waals surface area contributed by atoms with Crippen LogP contribution in [0.1, 0.15) is 23.7 Å². The lowest BCUT2D eigenvalue weighted by Crippen LogP contribution is -2.46. The Kier molecular flexibility index (Phi) is 5.75. The highest BCUT2D eigenvalue weighted by molar-refractivity contribution is 14.1. The molecular weight excluding hydrogens is 583 g/mol. The lowest BCUT2D eigenvalue weighted by atomic mass is 9.95. The van der Waals surface area contributed by atoms with E-state index in [0.717, 1.165) is 29.2 Å². The lowest BCUT2D eigenvalue weighted by Gasteiger charge is -2.34. The number of aliphatic hydroxyl groups is 1. The summed E-state index contributed by atoms with van der Waals surface area (Å²) in [6, 6.07) is 3.99. The first-order chi connectivity index (χ1) is 8.90. The molecule has 1 aromatic carbocycles. The largest absolute Gasteiger partial charge is 0.391 e. The molecule has 0 spiro atoms. The predicted octanol–water partition coefficient (Wildman–Crippen LogP) is 3.34. The number of β-amino-alcohol motifs (C(OH)–C–C–N with tert-alkyl or cyclic N) is 1. The molecular formula is C13H14I3NO2. The number of aliphatic hydroxyl groups excluding tert-OH is 1. The maximum absolute atomic E-state index is 12.6. The molecule has 0 bridgehead atoms. The van der Waals surface area contributed by atoms with Gasteiger partial charge in [0.25, 0.3) is 5.91 Å². The molecule has 2 rings (SSSR count). The lowest BCUT2D eigenvalue weighted by molar-refractivity contribution is 0.0248. The third-order valence-corrected chi connectivity index (χ3v) is 7.10. The van der Waals surface area contributed by atoms with Crippen LogP contribution in [0.25, 0.3) is 0 Å². The van der Waals surface area contributed by atoms with Crippen molar-refractivity contribution in [2.75, 3.05) is 13.1 Å². The van der Waals surface area contributed by atoms with Crippen molar-refractivity contribution in [3.63, 3.8) is 0 Å². The van der Waals surface area contributed by atoms with Crippen molar-refractivity contribution in [2.45, 2.75) is 19.4 Å². The van der Waals surface area contributed by atoms with E-state index in [-0.39, 0.29) is 11.8 Å². The van der Waals surface area contributed by atoms with Crippen molar-refractivity contribution in [3.05, 3.63) is 28.4 Å². The van der Waals surface area contributed by atoms with Crippen LogP contribution in [-0.4, -0.2) is 35.1 Å². The van der Waals surface area contributed by atoms with Gasteiger partial charge in [0.2, 0.25) is 0 Å². The molecule has 2 unspecified atom stereocenters. The standard InChI is InChI=1S/C13H14I3NO2/c1-7-2-3-17(6-11(7)18)13(19)9-4-8(14)5-10(15)12(9)16/h4-5,7,11,18H,2-3,6H2,1H3. The van der Waals surface area contributed by atoms with E-state index in [0.29, 0.717) is 6.54 Å². The highest BCUT2D eigenvalue weighted by Gasteiger charge is 2.29. The second-order valence-corrected chi connectivity index (χ2v) is 8.32. The summed E-state index contributed by atoms with van der Waals surface area (Å²) in [4.78, 5) is 14.4. The summed E-state index contributed by atoms with van der Waals surface area (Å²) < 4.78 is 3.16. The predicted molar refractivity (Wildman–Crippen MR) is 100 cm³/mol. The fraction of sp³-hybridized carbons (Fsp3) is 0.462. The Balaban J connectivity index is 2.25. The highest BCUT2D eigenvalue weighted by atomic mass is 127. The molecule has 1 amide bonds. The normalized spacial score (nSPS) is 23.5. The van der Waals surface area contributed by atoms with E-state index in [2.05, 4.69) is 73.8 Å². The molecule has 2 atom stereocenters. The number of carbonyl (C=O) groups is 1. The SMILES string of the molecule is CC1CCN(C(=O)c2cc(I)cc(I)c2I)CC1O. The molecule has 0 aliphatic carbocycles. The molecule has 0 saturated carbocycles. The van der Waals surface area contributed by atoms with Gasteiger partial charge in [-0.25, -0.2) is 0 Å². The van der Waals surface area contributed by atoms with E-state index in [9.17, 15) is 9.90 Å². The van der Waals surface area contributed by atoms with Gasteiger partial charge in [-0.2, -0.15) is 0 Å². The van der Waals surface area contributed by atoms with Gasteiger partial charge in [0.05, 0.1) is 11.7 Å². The zero-order valence-electron chi connectivity index (χ0n) is 10.4. The Labute approximate surface area is 153 Å². The van der Waals surface area contributed by atoms with E-state index in [1.54, 1.807) is 4.90 Å². The van der Waals surface area contributed by atoms with Crippen molar-refractivity contribution in [2.24, 2.45) is 5.92 Å². The second kappa shape index (κ2) is 6.73. The molecule has 1 saturated heterocycles. The number of benzene rings is 1. The molecule has 3 nitrogen and oxygen atoms in total. The average molecular weight is 597 g/mol. The monoisotopic (exact) mass is 597 g/mol. The molecule has 1 N–H and O–H groups in total. The van der Waals surface area contributed by atoms with Gasteiger partial charge in [0.15, 0.2) is 0 Å². The Morgan fingerprint density at radius 1 is 1.37 bits per heavy atom. The van der Waals surface area contributed by atoms with Crippen LogP contribution in [-0.2, 0) is 0 Å². The second-order valence-electron chi connectivity index (χ2n) is 4.83. The Bertz CT molecular complexity index is 507. The van der Waals surface area contributed by atoms with Crippen molar-refractivity contribution in [1.29, 1.82) is 0 Å².